The number of carboxylic acids is 1. The Kier molecular flexibility index (Phi) is 25.3. The van der Waals surface area contributed by atoms with Gasteiger partial charge in [0, 0.05) is 65.4 Å². The molecule has 0 saturated carbocycles. The molecule has 6 N–H and O–H groups in total. The molecule has 0 spiro atoms. The van der Waals surface area contributed by atoms with Gasteiger partial charge in [0.25, 0.3) is 12.1 Å². The van der Waals surface area contributed by atoms with Crippen LogP contribution >= 0.6 is 39.0 Å². The molecule has 0 aliphatic carbocycles. The Morgan fingerprint density at radius 3 is 1.69 bits per heavy atom. The van der Waals surface area contributed by atoms with E-state index in [1.54, 1.807) is 53.3 Å². The van der Waals surface area contributed by atoms with Crippen molar-refractivity contribution in [3.8, 4) is 0 Å². The molecule has 24 nitrogen and oxygen atoms in total. The van der Waals surface area contributed by atoms with E-state index in [4.69, 9.17) is 67.9 Å². The highest BCUT2D eigenvalue weighted by atomic mass is 32.2. The lowest BCUT2D eigenvalue weighted by Crippen LogP contribution is -2.46. The molecular formula is C57H80N6O18P2S2. The van der Waals surface area contributed by atoms with Crippen molar-refractivity contribution in [2.24, 2.45) is 22.3 Å². The maximum atomic E-state index is 13.8. The van der Waals surface area contributed by atoms with Gasteiger partial charge in [0.2, 0.25) is 5.91 Å². The van der Waals surface area contributed by atoms with Crippen molar-refractivity contribution < 1.29 is 89.3 Å². The van der Waals surface area contributed by atoms with E-state index in [2.05, 4.69) is 10.2 Å². The normalized spacial score (nSPS) is 25.4. The first-order chi connectivity index (χ1) is 39.9. The number of nitrogens with two attached hydrogens (primary N) is 2. The number of ether oxygens (including phenoxy) is 6. The molecule has 28 heteroatoms. The zero-order valence-electron chi connectivity index (χ0n) is 49.5. The van der Waals surface area contributed by atoms with Crippen molar-refractivity contribution in [1.29, 1.82) is 0 Å². The summed E-state index contributed by atoms with van der Waals surface area (Å²) in [5.74, 6) is -2.39. The Balaban J connectivity index is 0.000000256. The summed E-state index contributed by atoms with van der Waals surface area (Å²) < 4.78 is 89.3. The molecule has 4 fully saturated rings. The number of fused-ring (bicyclic) bond motifs is 2. The molecular weight excluding hydrogens is 1180 g/mol. The van der Waals surface area contributed by atoms with Gasteiger partial charge in [-0.3, -0.25) is 37.3 Å². The molecule has 85 heavy (non-hydrogen) atoms. The van der Waals surface area contributed by atoms with Gasteiger partial charge in [0.15, 0.2) is 47.0 Å². The highest BCUT2D eigenvalue weighted by molar-refractivity contribution is 8.14. The molecule has 468 valence electrons. The molecule has 0 radical (unpaired) electrons. The maximum absolute atomic E-state index is 13.8. The van der Waals surface area contributed by atoms with Gasteiger partial charge in [-0.2, -0.15) is 4.57 Å². The van der Waals surface area contributed by atoms with Gasteiger partial charge in [-0.25, -0.2) is 19.3 Å². The summed E-state index contributed by atoms with van der Waals surface area (Å²) in [7, 11) is -7.65. The fourth-order valence-corrected chi connectivity index (χ4v) is 13.2. The summed E-state index contributed by atoms with van der Waals surface area (Å²) in [6.07, 6.45) is 3.96. The topological polar surface area (TPSA) is 318 Å². The van der Waals surface area contributed by atoms with Crippen LogP contribution in [-0.2, 0) is 87.9 Å². The first kappa shape index (κ1) is 69.4. The van der Waals surface area contributed by atoms with E-state index < -0.39 is 105 Å². The van der Waals surface area contributed by atoms with E-state index in [1.165, 1.54) is 0 Å². The fraction of sp³-hybridized carbons (Fsp3) is 0.544. The van der Waals surface area contributed by atoms with Crippen LogP contribution in [0.25, 0.3) is 0 Å². The van der Waals surface area contributed by atoms with Crippen LogP contribution in [0.1, 0.15) is 103 Å². The van der Waals surface area contributed by atoms with Gasteiger partial charge in [-0.15, -0.1) is 0 Å². The Hall–Kier alpha value is -4.70. The number of aromatic nitrogens is 1. The molecule has 11 unspecified atom stereocenters. The molecule has 8 rings (SSSR count). The number of hydrogen-bond donors (Lipinski definition) is 4. The van der Waals surface area contributed by atoms with Crippen LogP contribution in [0, 0.1) is 10.8 Å². The smallest absolute Gasteiger partial charge is 0.405 e. The number of amides is 2. The largest absolute Gasteiger partial charge is 0.550 e. The van der Waals surface area contributed by atoms with E-state index in [9.17, 15) is 28.3 Å². The summed E-state index contributed by atoms with van der Waals surface area (Å²) in [5.41, 5.74) is 12.5. The van der Waals surface area contributed by atoms with Crippen molar-refractivity contribution in [3.05, 3.63) is 126 Å². The van der Waals surface area contributed by atoms with E-state index in [0.29, 0.717) is 29.1 Å². The minimum absolute atomic E-state index is 0.0194. The predicted octanol–water partition coefficient (Wildman–Crippen LogP) is 6.15. The van der Waals surface area contributed by atoms with Crippen LogP contribution in [0.2, 0.25) is 0 Å². The first-order valence-corrected chi connectivity index (χ1v) is 32.6. The number of benzene rings is 2. The van der Waals surface area contributed by atoms with Crippen molar-refractivity contribution in [1.82, 2.24) is 15.1 Å². The Morgan fingerprint density at radius 2 is 1.20 bits per heavy atom. The number of hydrogen-bond acceptors (Lipinski definition) is 21. The summed E-state index contributed by atoms with van der Waals surface area (Å²) in [4.78, 5) is 58.7. The number of rotatable bonds is 24. The summed E-state index contributed by atoms with van der Waals surface area (Å²) >= 11 is 2.26. The molecule has 2 amide bonds. The molecule has 5 aliphatic rings. The average Bonchev–Trinajstić information content (AvgIpc) is 4.13. The number of thioether (sulfide) groups is 2. The number of carboxylic acid groups (broad SMARTS) is 1. The lowest BCUT2D eigenvalue weighted by atomic mass is 9.99. The van der Waals surface area contributed by atoms with Crippen molar-refractivity contribution >= 4 is 67.0 Å². The second-order valence-corrected chi connectivity index (χ2v) is 28.4. The molecule has 6 heterocycles. The number of nitrogens with zero attached hydrogens (tertiary/aromatic N) is 2. The number of carbonyl (C=O) groups excluding carboxylic acids is 5. The van der Waals surface area contributed by atoms with Crippen LogP contribution in [0.5, 0.6) is 0 Å². The first-order valence-electron chi connectivity index (χ1n) is 27.6. The van der Waals surface area contributed by atoms with Gasteiger partial charge in [0.05, 0.1) is 26.4 Å². The van der Waals surface area contributed by atoms with Crippen LogP contribution < -0.4 is 31.3 Å². The summed E-state index contributed by atoms with van der Waals surface area (Å²) in [6, 6.07) is 22.2. The molecule has 5 aliphatic heterocycles. The second kappa shape index (κ2) is 31.0. The van der Waals surface area contributed by atoms with E-state index in [-0.39, 0.29) is 49.7 Å². The lowest BCUT2D eigenvalue weighted by molar-refractivity contribution is -0.766. The number of carbonyl (C=O) groups is 5. The van der Waals surface area contributed by atoms with E-state index in [1.807, 2.05) is 122 Å². The molecule has 2 aromatic carbocycles. The monoisotopic (exact) mass is 1260 g/mol. The van der Waals surface area contributed by atoms with Gasteiger partial charge >= 0.3 is 15.5 Å². The minimum atomic E-state index is -3.83. The van der Waals surface area contributed by atoms with Gasteiger partial charge in [-0.05, 0) is 51.3 Å². The number of primary amides is 2. The predicted molar refractivity (Wildman–Crippen MR) is 314 cm³/mol. The molecule has 11 atom stereocenters. The third-order valence-corrected chi connectivity index (χ3v) is 18.5. The Labute approximate surface area is 505 Å². The van der Waals surface area contributed by atoms with Crippen molar-refractivity contribution in [2.45, 2.75) is 150 Å². The molecule has 4 saturated heterocycles. The number of nitrogens with one attached hydrogen (secondary N) is 2. The zero-order valence-corrected chi connectivity index (χ0v) is 52.9. The second-order valence-electron chi connectivity index (χ2n) is 22.6. The van der Waals surface area contributed by atoms with Gasteiger partial charge in [0.1, 0.15) is 36.1 Å². The third kappa shape index (κ3) is 21.3. The van der Waals surface area contributed by atoms with Crippen molar-refractivity contribution in [2.75, 3.05) is 37.9 Å². The van der Waals surface area contributed by atoms with Crippen LogP contribution in [0.4, 0.5) is 0 Å². The minimum Gasteiger partial charge on any atom is -0.550 e. The van der Waals surface area contributed by atoms with E-state index in [0.717, 1.165) is 41.6 Å². The lowest BCUT2D eigenvalue weighted by Gasteiger charge is -2.31. The highest BCUT2D eigenvalue weighted by Crippen LogP contribution is 2.49. The SMILES string of the molecule is CC(=O)[O-].CC1(C)OC2C(COP(=O)(NCc3ccccc3)OCCSC(=O)C(C)(C)C)OC(N3C=CCC(C(N)=O)=C3)C2O1.CC1OC2C(COP(=O)(NCc3ccccc3)OCCSC(=O)C(C)(C)C)OC([n+]3cccc(C(N)=O)c3)C2O1. The third-order valence-electron chi connectivity index (χ3n) is 12.9. The zero-order chi connectivity index (χ0) is 62.3. The van der Waals surface area contributed by atoms with E-state index >= 15 is 0 Å². The summed E-state index contributed by atoms with van der Waals surface area (Å²) in [6.45, 7) is 17.8. The van der Waals surface area contributed by atoms with Crippen LogP contribution in [0.15, 0.2) is 109 Å². The van der Waals surface area contributed by atoms with Crippen molar-refractivity contribution in [3.63, 3.8) is 0 Å². The quantitative estimate of drug-likeness (QED) is 0.0444. The molecule has 3 aromatic rings. The highest BCUT2D eigenvalue weighted by Gasteiger charge is 2.58. The number of allylic oxidation sites excluding steroid dienone is 1. The molecule has 1 aromatic heterocycles. The Morgan fingerprint density at radius 1 is 0.706 bits per heavy atom. The Bertz CT molecular complexity index is 2910. The van der Waals surface area contributed by atoms with Gasteiger partial charge < -0.3 is 54.7 Å². The van der Waals surface area contributed by atoms with Crippen LogP contribution in [-0.4, -0.2) is 126 Å². The standard InChI is InChI=1S/C28H40N3O8PS.C27H36N3O8PS.C2H4O2/c1-27(2,3)26(33)41-15-14-35-40(34,30-16-19-10-7-6-8-11-19)36-18-21-22-23(39-28(4,5)38-22)25(37-21)31-13-9-12-20(17-31)24(29)32;1-18-36-22-21(38-25(23(22)37-18)30-12-8-11-20(16-30)24(28)31)17-35-39(33,29-15-19-9-6-5-7-10-19)34-13-14-40-26(32)27(2,3)4;1-2(3)4/h6-11,13,17,21-23,25H,12,14-16,18H2,1-5H3,(H2,29,32)(H,30,34);5-12,16,18,21-23,25H,13-15,17H2,1-4H3,(H2-,28,29,31,33);1H3,(H,3,4). The van der Waals surface area contributed by atoms with Gasteiger partial charge in [-0.1, -0.05) is 132 Å². The average molecular weight is 1260 g/mol. The maximum Gasteiger partial charge on any atom is 0.405 e. The number of aliphatic carboxylic acids is 1. The number of pyridine rings is 1. The summed E-state index contributed by atoms with van der Waals surface area (Å²) in [5, 5.41) is 14.8. The molecule has 0 bridgehead atoms. The van der Waals surface area contributed by atoms with Crippen LogP contribution in [0.3, 0.4) is 0 Å². The fourth-order valence-electron chi connectivity index (χ4n) is 8.78.